The summed E-state index contributed by atoms with van der Waals surface area (Å²) in [7, 11) is 0. The summed E-state index contributed by atoms with van der Waals surface area (Å²) in [5.74, 6) is -0.730. The largest absolute Gasteiger partial charge is 0.481 e. The van der Waals surface area contributed by atoms with Crippen molar-refractivity contribution in [2.45, 2.75) is 38.9 Å². The van der Waals surface area contributed by atoms with E-state index in [1.807, 2.05) is 36.4 Å². The molecule has 0 aliphatic rings. The van der Waals surface area contributed by atoms with Gasteiger partial charge in [-0.1, -0.05) is 60.7 Å². The summed E-state index contributed by atoms with van der Waals surface area (Å²) in [6.45, 7) is 3.77. The molecule has 1 atom stereocenters. The first-order valence-electron chi connectivity index (χ1n) is 7.69. The van der Waals surface area contributed by atoms with E-state index in [1.165, 1.54) is 11.1 Å². The summed E-state index contributed by atoms with van der Waals surface area (Å²) in [5.41, 5.74) is 2.50. The van der Waals surface area contributed by atoms with E-state index in [0.29, 0.717) is 6.42 Å². The summed E-state index contributed by atoms with van der Waals surface area (Å²) in [5, 5.41) is 8.91. The van der Waals surface area contributed by atoms with Crippen LogP contribution in [0.3, 0.4) is 0 Å². The van der Waals surface area contributed by atoms with Crippen LogP contribution in [-0.2, 0) is 17.9 Å². The molecule has 2 aromatic carbocycles. The lowest BCUT2D eigenvalue weighted by molar-refractivity contribution is -0.137. The van der Waals surface area contributed by atoms with Crippen molar-refractivity contribution in [3.05, 3.63) is 71.8 Å². The number of hydrogen-bond acceptors (Lipinski definition) is 2. The lowest BCUT2D eigenvalue weighted by Crippen LogP contribution is -2.32. The number of rotatable bonds is 8. The van der Waals surface area contributed by atoms with E-state index in [4.69, 9.17) is 5.11 Å². The maximum atomic E-state index is 10.8. The second-order valence-corrected chi connectivity index (χ2v) is 5.66. The molecule has 0 heterocycles. The molecule has 0 aliphatic carbocycles. The van der Waals surface area contributed by atoms with Crippen LogP contribution in [0.4, 0.5) is 0 Å². The zero-order chi connectivity index (χ0) is 15.8. The molecule has 1 N–H and O–H groups in total. The number of nitrogens with zero attached hydrogens (tertiary/aromatic N) is 1. The van der Waals surface area contributed by atoms with Crippen molar-refractivity contribution >= 4 is 5.97 Å². The predicted octanol–water partition coefficient (Wildman–Crippen LogP) is 3.94. The Kier molecular flexibility index (Phi) is 6.16. The molecule has 0 bridgehead atoms. The van der Waals surface area contributed by atoms with Gasteiger partial charge in [-0.15, -0.1) is 0 Å². The van der Waals surface area contributed by atoms with E-state index in [2.05, 4.69) is 36.1 Å². The molecule has 0 radical (unpaired) electrons. The molecule has 0 fully saturated rings. The Balaban J connectivity index is 2.07. The minimum atomic E-state index is -0.730. The average Bonchev–Trinajstić information content (AvgIpc) is 2.54. The van der Waals surface area contributed by atoms with Gasteiger partial charge in [0.05, 0.1) is 0 Å². The molecule has 0 spiro atoms. The highest BCUT2D eigenvalue weighted by atomic mass is 16.4. The lowest BCUT2D eigenvalue weighted by atomic mass is 10.1. The SMILES string of the molecule is C[C@@H](CCC(=O)O)N(Cc1ccccc1)Cc1ccccc1. The molecule has 0 aromatic heterocycles. The minimum absolute atomic E-state index is 0.210. The zero-order valence-corrected chi connectivity index (χ0v) is 13.0. The summed E-state index contributed by atoms with van der Waals surface area (Å²) in [4.78, 5) is 13.2. The van der Waals surface area contributed by atoms with Crippen LogP contribution in [0, 0.1) is 0 Å². The van der Waals surface area contributed by atoms with Gasteiger partial charge in [0.25, 0.3) is 0 Å². The fourth-order valence-corrected chi connectivity index (χ4v) is 2.52. The Morgan fingerprint density at radius 3 is 1.82 bits per heavy atom. The number of benzene rings is 2. The maximum Gasteiger partial charge on any atom is 0.303 e. The summed E-state index contributed by atoms with van der Waals surface area (Å²) >= 11 is 0. The van der Waals surface area contributed by atoms with E-state index in [-0.39, 0.29) is 12.5 Å². The van der Waals surface area contributed by atoms with Crippen LogP contribution >= 0.6 is 0 Å². The minimum Gasteiger partial charge on any atom is -0.481 e. The Labute approximate surface area is 132 Å². The number of aliphatic carboxylic acids is 1. The van der Waals surface area contributed by atoms with Crippen LogP contribution in [0.1, 0.15) is 30.9 Å². The number of carboxylic acid groups (broad SMARTS) is 1. The first-order chi connectivity index (χ1) is 10.6. The molecule has 0 amide bonds. The van der Waals surface area contributed by atoms with Crippen LogP contribution in [-0.4, -0.2) is 22.0 Å². The van der Waals surface area contributed by atoms with Crippen LogP contribution in [0.2, 0.25) is 0 Å². The zero-order valence-electron chi connectivity index (χ0n) is 13.0. The molecule has 3 nitrogen and oxygen atoms in total. The Hall–Kier alpha value is -2.13. The van der Waals surface area contributed by atoms with Gasteiger partial charge in [-0.2, -0.15) is 0 Å². The van der Waals surface area contributed by atoms with Gasteiger partial charge in [0.15, 0.2) is 0 Å². The molecule has 3 heteroatoms. The highest BCUT2D eigenvalue weighted by Crippen LogP contribution is 2.16. The Bertz CT molecular complexity index is 527. The molecule has 0 saturated carbocycles. The Morgan fingerprint density at radius 1 is 0.955 bits per heavy atom. The quantitative estimate of drug-likeness (QED) is 0.802. The van der Waals surface area contributed by atoms with Gasteiger partial charge in [0.1, 0.15) is 0 Å². The van der Waals surface area contributed by atoms with E-state index in [1.54, 1.807) is 0 Å². The fraction of sp³-hybridized carbons (Fsp3) is 0.316. The summed E-state index contributed by atoms with van der Waals surface area (Å²) in [6, 6.07) is 20.9. The van der Waals surface area contributed by atoms with Crippen LogP contribution < -0.4 is 0 Å². The average molecular weight is 297 g/mol. The molecule has 2 aromatic rings. The lowest BCUT2D eigenvalue weighted by Gasteiger charge is -2.29. The third kappa shape index (κ3) is 5.34. The molecule has 116 valence electrons. The number of hydrogen-bond donors (Lipinski definition) is 1. The maximum absolute atomic E-state index is 10.8. The fourth-order valence-electron chi connectivity index (χ4n) is 2.52. The molecular formula is C19H23NO2. The first-order valence-corrected chi connectivity index (χ1v) is 7.69. The van der Waals surface area contributed by atoms with Gasteiger partial charge in [0, 0.05) is 25.6 Å². The van der Waals surface area contributed by atoms with Crippen molar-refractivity contribution < 1.29 is 9.90 Å². The molecule has 2 rings (SSSR count). The van der Waals surface area contributed by atoms with Crippen LogP contribution in [0.5, 0.6) is 0 Å². The van der Waals surface area contributed by atoms with Gasteiger partial charge < -0.3 is 5.11 Å². The molecule has 0 aliphatic heterocycles. The third-order valence-corrected chi connectivity index (χ3v) is 3.86. The molecular weight excluding hydrogens is 274 g/mol. The van der Waals surface area contributed by atoms with Crippen molar-refractivity contribution in [1.29, 1.82) is 0 Å². The summed E-state index contributed by atoms with van der Waals surface area (Å²) < 4.78 is 0. The smallest absolute Gasteiger partial charge is 0.303 e. The van der Waals surface area contributed by atoms with E-state index in [9.17, 15) is 4.79 Å². The Morgan fingerprint density at radius 2 is 1.41 bits per heavy atom. The highest BCUT2D eigenvalue weighted by molar-refractivity contribution is 5.66. The van der Waals surface area contributed by atoms with Crippen molar-refractivity contribution in [2.24, 2.45) is 0 Å². The van der Waals surface area contributed by atoms with E-state index in [0.717, 1.165) is 13.1 Å². The highest BCUT2D eigenvalue weighted by Gasteiger charge is 2.16. The third-order valence-electron chi connectivity index (χ3n) is 3.86. The second-order valence-electron chi connectivity index (χ2n) is 5.66. The molecule has 0 unspecified atom stereocenters. The van der Waals surface area contributed by atoms with Gasteiger partial charge in [-0.3, -0.25) is 9.69 Å². The molecule has 0 saturated heterocycles. The van der Waals surface area contributed by atoms with Gasteiger partial charge in [-0.25, -0.2) is 0 Å². The number of carbonyl (C=O) groups is 1. The van der Waals surface area contributed by atoms with Crippen molar-refractivity contribution in [3.8, 4) is 0 Å². The van der Waals surface area contributed by atoms with E-state index < -0.39 is 5.97 Å². The normalized spacial score (nSPS) is 12.3. The summed E-state index contributed by atoms with van der Waals surface area (Å²) in [6.07, 6.45) is 0.871. The van der Waals surface area contributed by atoms with Crippen molar-refractivity contribution in [1.82, 2.24) is 4.90 Å². The van der Waals surface area contributed by atoms with Crippen LogP contribution in [0.25, 0.3) is 0 Å². The topological polar surface area (TPSA) is 40.5 Å². The first kappa shape index (κ1) is 16.2. The van der Waals surface area contributed by atoms with Gasteiger partial charge in [-0.05, 0) is 24.5 Å². The monoisotopic (exact) mass is 297 g/mol. The van der Waals surface area contributed by atoms with Crippen LogP contribution in [0.15, 0.2) is 60.7 Å². The second kappa shape index (κ2) is 8.35. The number of carboxylic acids is 1. The standard InChI is InChI=1S/C19H23NO2/c1-16(12-13-19(21)22)20(14-17-8-4-2-5-9-17)15-18-10-6-3-7-11-18/h2-11,16H,12-15H2,1H3,(H,21,22)/t16-/m0/s1. The van der Waals surface area contributed by atoms with Gasteiger partial charge >= 0.3 is 5.97 Å². The van der Waals surface area contributed by atoms with E-state index >= 15 is 0 Å². The van der Waals surface area contributed by atoms with Gasteiger partial charge in [0.2, 0.25) is 0 Å². The van der Waals surface area contributed by atoms with Crippen molar-refractivity contribution in [3.63, 3.8) is 0 Å². The predicted molar refractivity (Wildman–Crippen MR) is 88.5 cm³/mol. The van der Waals surface area contributed by atoms with Crippen molar-refractivity contribution in [2.75, 3.05) is 0 Å². The molecule has 22 heavy (non-hydrogen) atoms.